The minimum Gasteiger partial charge on any atom is -0.350 e. The van der Waals surface area contributed by atoms with Gasteiger partial charge in [-0.3, -0.25) is 9.59 Å². The van der Waals surface area contributed by atoms with Crippen LogP contribution in [0.25, 0.3) is 10.2 Å². The molecule has 1 N–H and O–H groups in total. The number of nitrogens with one attached hydrogen (secondary N) is 1. The zero-order chi connectivity index (χ0) is 23.9. The molecule has 2 amide bonds. The van der Waals surface area contributed by atoms with Crippen LogP contribution >= 0.6 is 11.3 Å². The number of halogens is 1. The Morgan fingerprint density at radius 3 is 2.44 bits per heavy atom. The summed E-state index contributed by atoms with van der Waals surface area (Å²) in [5, 5.41) is 5.99. The predicted octanol–water partition coefficient (Wildman–Crippen LogP) is 5.14. The molecule has 0 spiro atoms. The molecule has 0 aliphatic carbocycles. The number of nitrogens with zero attached hydrogens (tertiary/aromatic N) is 2. The highest BCUT2D eigenvalue weighted by Crippen LogP contribution is 2.35. The van der Waals surface area contributed by atoms with Gasteiger partial charge in [-0.2, -0.15) is 0 Å². The highest BCUT2D eigenvalue weighted by molar-refractivity contribution is 7.16. The SMILES string of the molecule is CCc1ccc(CN2C(=O)c3cc4ccsc4n3C[C@]2(C)C(=O)NCc2ccc(F)cc2)cc1. The lowest BCUT2D eigenvalue weighted by atomic mass is 9.93. The molecule has 0 fully saturated rings. The molecule has 0 saturated carbocycles. The van der Waals surface area contributed by atoms with E-state index in [1.807, 2.05) is 41.1 Å². The Morgan fingerprint density at radius 2 is 1.74 bits per heavy atom. The molecule has 174 valence electrons. The van der Waals surface area contributed by atoms with Gasteiger partial charge >= 0.3 is 0 Å². The molecular formula is C27H26FN3O2S. The first-order chi connectivity index (χ1) is 16.4. The van der Waals surface area contributed by atoms with Gasteiger partial charge in [0, 0.05) is 18.5 Å². The number of hydrogen-bond acceptors (Lipinski definition) is 3. The Balaban J connectivity index is 1.48. The van der Waals surface area contributed by atoms with Crippen LogP contribution in [0.4, 0.5) is 4.39 Å². The number of carbonyl (C=O) groups is 2. The Bertz CT molecular complexity index is 1360. The first kappa shape index (κ1) is 22.3. The maximum absolute atomic E-state index is 13.7. The number of amides is 2. The van der Waals surface area contributed by atoms with E-state index < -0.39 is 5.54 Å². The molecule has 0 radical (unpaired) electrons. The maximum Gasteiger partial charge on any atom is 0.271 e. The van der Waals surface area contributed by atoms with Gasteiger partial charge in [-0.1, -0.05) is 43.3 Å². The molecule has 0 saturated heterocycles. The molecule has 2 aromatic carbocycles. The lowest BCUT2D eigenvalue weighted by molar-refractivity contribution is -0.133. The molecule has 1 aliphatic rings. The number of rotatable bonds is 6. The molecule has 0 unspecified atom stereocenters. The van der Waals surface area contributed by atoms with Crippen molar-refractivity contribution < 1.29 is 14.0 Å². The summed E-state index contributed by atoms with van der Waals surface area (Å²) < 4.78 is 15.2. The van der Waals surface area contributed by atoms with E-state index in [0.717, 1.165) is 27.8 Å². The topological polar surface area (TPSA) is 54.3 Å². The second kappa shape index (κ2) is 8.72. The minimum atomic E-state index is -1.09. The van der Waals surface area contributed by atoms with Gasteiger partial charge in [0.25, 0.3) is 5.91 Å². The quantitative estimate of drug-likeness (QED) is 0.420. The number of fused-ring (bicyclic) bond motifs is 3. The Kier molecular flexibility index (Phi) is 5.73. The largest absolute Gasteiger partial charge is 0.350 e. The molecular weight excluding hydrogens is 449 g/mol. The monoisotopic (exact) mass is 475 g/mol. The summed E-state index contributed by atoms with van der Waals surface area (Å²) in [5.74, 6) is -0.714. The van der Waals surface area contributed by atoms with Crippen molar-refractivity contribution in [1.82, 2.24) is 14.8 Å². The van der Waals surface area contributed by atoms with E-state index in [4.69, 9.17) is 0 Å². The van der Waals surface area contributed by atoms with E-state index >= 15 is 0 Å². The van der Waals surface area contributed by atoms with E-state index in [-0.39, 0.29) is 24.2 Å². The Labute approximate surface area is 201 Å². The van der Waals surface area contributed by atoms with E-state index in [1.54, 1.807) is 28.4 Å². The molecule has 34 heavy (non-hydrogen) atoms. The summed E-state index contributed by atoms with van der Waals surface area (Å²) in [7, 11) is 0. The highest BCUT2D eigenvalue weighted by atomic mass is 32.1. The smallest absolute Gasteiger partial charge is 0.271 e. The first-order valence-corrected chi connectivity index (χ1v) is 12.3. The number of thiophene rings is 1. The predicted molar refractivity (Wildman–Crippen MR) is 132 cm³/mol. The third-order valence-corrected chi connectivity index (χ3v) is 7.61. The average molecular weight is 476 g/mol. The molecule has 5 nitrogen and oxygen atoms in total. The van der Waals surface area contributed by atoms with Crippen LogP contribution in [0.3, 0.4) is 0 Å². The highest BCUT2D eigenvalue weighted by Gasteiger charge is 2.47. The van der Waals surface area contributed by atoms with Gasteiger partial charge in [0.1, 0.15) is 21.9 Å². The van der Waals surface area contributed by atoms with Crippen molar-refractivity contribution in [2.75, 3.05) is 0 Å². The minimum absolute atomic E-state index is 0.159. The van der Waals surface area contributed by atoms with Crippen molar-refractivity contribution in [3.05, 3.63) is 94.2 Å². The second-order valence-electron chi connectivity index (χ2n) is 8.94. The van der Waals surface area contributed by atoms with Gasteiger partial charge in [-0.25, -0.2) is 4.39 Å². The summed E-state index contributed by atoms with van der Waals surface area (Å²) in [6.07, 6.45) is 0.941. The maximum atomic E-state index is 13.7. The van der Waals surface area contributed by atoms with Crippen LogP contribution in [0.2, 0.25) is 0 Å². The van der Waals surface area contributed by atoms with Gasteiger partial charge in [-0.05, 0) is 59.7 Å². The summed E-state index contributed by atoms with van der Waals surface area (Å²) in [6, 6.07) is 18.1. The fourth-order valence-electron chi connectivity index (χ4n) is 4.54. The summed E-state index contributed by atoms with van der Waals surface area (Å²) in [4.78, 5) is 30.0. The zero-order valence-electron chi connectivity index (χ0n) is 19.2. The number of aromatic nitrogens is 1. The zero-order valence-corrected chi connectivity index (χ0v) is 20.0. The molecule has 1 aliphatic heterocycles. The van der Waals surface area contributed by atoms with E-state index in [0.29, 0.717) is 18.8 Å². The van der Waals surface area contributed by atoms with Crippen LogP contribution in [-0.2, 0) is 30.8 Å². The van der Waals surface area contributed by atoms with Crippen molar-refractivity contribution in [2.45, 2.75) is 45.4 Å². The van der Waals surface area contributed by atoms with Crippen LogP contribution in [0.15, 0.2) is 66.0 Å². The summed E-state index contributed by atoms with van der Waals surface area (Å²) in [5.41, 5.74) is 2.51. The van der Waals surface area contributed by atoms with Crippen molar-refractivity contribution in [3.63, 3.8) is 0 Å². The summed E-state index contributed by atoms with van der Waals surface area (Å²) >= 11 is 1.57. The number of carbonyl (C=O) groups excluding carboxylic acids is 2. The third-order valence-electron chi connectivity index (χ3n) is 6.66. The first-order valence-electron chi connectivity index (χ1n) is 11.4. The molecule has 3 heterocycles. The third kappa shape index (κ3) is 3.90. The normalized spacial score (nSPS) is 17.7. The van der Waals surface area contributed by atoms with E-state index in [1.165, 1.54) is 17.7 Å². The standard InChI is InChI=1S/C27H26FN3O2S/c1-3-18-4-6-20(7-5-18)16-31-24(32)23-14-21-12-13-34-25(21)30(23)17-27(31,2)26(33)29-15-19-8-10-22(28)11-9-19/h4-14H,3,15-17H2,1-2H3,(H,29,33)/t27-/m1/s1. The molecule has 7 heteroatoms. The number of benzene rings is 2. The number of aryl methyl sites for hydroxylation is 1. The molecule has 2 aromatic heterocycles. The lowest BCUT2D eigenvalue weighted by Crippen LogP contribution is -2.63. The van der Waals surface area contributed by atoms with Gasteiger partial charge < -0.3 is 14.8 Å². The second-order valence-corrected chi connectivity index (χ2v) is 9.84. The Morgan fingerprint density at radius 1 is 1.06 bits per heavy atom. The van der Waals surface area contributed by atoms with Crippen LogP contribution in [0.1, 0.15) is 41.0 Å². The molecule has 5 rings (SSSR count). The summed E-state index contributed by atoms with van der Waals surface area (Å²) in [6.45, 7) is 4.89. The number of hydrogen-bond donors (Lipinski definition) is 1. The van der Waals surface area contributed by atoms with Crippen molar-refractivity contribution in [3.8, 4) is 0 Å². The van der Waals surface area contributed by atoms with Gasteiger partial charge in [0.05, 0.1) is 6.54 Å². The van der Waals surface area contributed by atoms with Gasteiger partial charge in [-0.15, -0.1) is 11.3 Å². The van der Waals surface area contributed by atoms with E-state index in [9.17, 15) is 14.0 Å². The van der Waals surface area contributed by atoms with E-state index in [2.05, 4.69) is 24.4 Å². The lowest BCUT2D eigenvalue weighted by Gasteiger charge is -2.44. The fraction of sp³-hybridized carbons (Fsp3) is 0.259. The average Bonchev–Trinajstić information content (AvgIpc) is 3.44. The van der Waals surface area contributed by atoms with Crippen LogP contribution in [0, 0.1) is 5.82 Å². The van der Waals surface area contributed by atoms with Gasteiger partial charge in [0.15, 0.2) is 0 Å². The van der Waals surface area contributed by atoms with Crippen molar-refractivity contribution in [2.24, 2.45) is 0 Å². The van der Waals surface area contributed by atoms with Crippen molar-refractivity contribution in [1.29, 1.82) is 0 Å². The molecule has 4 aromatic rings. The molecule has 0 bridgehead atoms. The van der Waals surface area contributed by atoms with Crippen LogP contribution < -0.4 is 5.32 Å². The van der Waals surface area contributed by atoms with Crippen LogP contribution in [-0.4, -0.2) is 26.8 Å². The van der Waals surface area contributed by atoms with Crippen molar-refractivity contribution >= 4 is 33.4 Å². The fourth-order valence-corrected chi connectivity index (χ4v) is 5.44. The van der Waals surface area contributed by atoms with Crippen LogP contribution in [0.5, 0.6) is 0 Å². The Hall–Kier alpha value is -3.45. The molecule has 1 atom stereocenters. The van der Waals surface area contributed by atoms with Gasteiger partial charge in [0.2, 0.25) is 5.91 Å².